The van der Waals surface area contributed by atoms with Crippen LogP contribution in [0.1, 0.15) is 0 Å². The van der Waals surface area contributed by atoms with Crippen LogP contribution in [0.25, 0.3) is 0 Å². The Morgan fingerprint density at radius 1 is 1.75 bits per heavy atom. The van der Waals surface area contributed by atoms with E-state index in [1.807, 2.05) is 0 Å². The average molecular weight is 204 g/mol. The van der Waals surface area contributed by atoms with E-state index in [1.165, 1.54) is 11.3 Å². The molecule has 1 aliphatic rings. The second kappa shape index (κ2) is 2.91. The number of urea groups is 1. The number of halogens is 1. The predicted octanol–water partition coefficient (Wildman–Crippen LogP) is 1.33. The number of amides is 2. The lowest BCUT2D eigenvalue weighted by atomic mass is 10.6. The van der Waals surface area contributed by atoms with Crippen LogP contribution in [0.3, 0.4) is 0 Å². The normalized spacial score (nSPS) is 16.8. The third kappa shape index (κ3) is 1.25. The van der Waals surface area contributed by atoms with Gasteiger partial charge in [0.25, 0.3) is 0 Å². The van der Waals surface area contributed by atoms with E-state index >= 15 is 0 Å². The summed E-state index contributed by atoms with van der Waals surface area (Å²) < 4.78 is 0.602. The van der Waals surface area contributed by atoms with Crippen LogP contribution in [-0.2, 0) is 0 Å². The van der Waals surface area contributed by atoms with Crippen molar-refractivity contribution in [2.45, 2.75) is 0 Å². The first-order valence-corrected chi connectivity index (χ1v) is 4.63. The van der Waals surface area contributed by atoms with Crippen LogP contribution in [0.4, 0.5) is 9.93 Å². The van der Waals surface area contributed by atoms with E-state index in [1.54, 1.807) is 11.1 Å². The van der Waals surface area contributed by atoms with Crippen molar-refractivity contribution in [3.8, 4) is 0 Å². The van der Waals surface area contributed by atoms with Crippen LogP contribution >= 0.6 is 22.9 Å². The molecular formula is C6H6ClN3OS. The summed E-state index contributed by atoms with van der Waals surface area (Å²) in [5, 5.41) is 3.35. The Morgan fingerprint density at radius 2 is 2.58 bits per heavy atom. The molecule has 0 bridgehead atoms. The second-order valence-corrected chi connectivity index (χ2v) is 3.97. The first-order chi connectivity index (χ1) is 5.77. The molecule has 64 valence electrons. The molecule has 0 aromatic carbocycles. The monoisotopic (exact) mass is 203 g/mol. The van der Waals surface area contributed by atoms with Crippen molar-refractivity contribution in [3.63, 3.8) is 0 Å². The fourth-order valence-corrected chi connectivity index (χ4v) is 1.95. The van der Waals surface area contributed by atoms with Crippen LogP contribution in [-0.4, -0.2) is 24.1 Å². The molecule has 1 aromatic rings. The van der Waals surface area contributed by atoms with E-state index < -0.39 is 0 Å². The van der Waals surface area contributed by atoms with Crippen LogP contribution in [0.2, 0.25) is 4.34 Å². The number of nitrogens with zero attached hydrogens (tertiary/aromatic N) is 2. The molecule has 1 N–H and O–H groups in total. The Bertz CT molecular complexity index is 313. The van der Waals surface area contributed by atoms with Gasteiger partial charge in [-0.1, -0.05) is 22.9 Å². The van der Waals surface area contributed by atoms with Crippen LogP contribution in [0, 0.1) is 0 Å². The minimum absolute atomic E-state index is 0.0963. The van der Waals surface area contributed by atoms with Crippen molar-refractivity contribution in [3.05, 3.63) is 10.5 Å². The molecule has 1 saturated heterocycles. The third-order valence-electron chi connectivity index (χ3n) is 1.55. The molecule has 0 spiro atoms. The topological polar surface area (TPSA) is 45.2 Å². The highest BCUT2D eigenvalue weighted by atomic mass is 35.5. The van der Waals surface area contributed by atoms with Gasteiger partial charge < -0.3 is 5.32 Å². The quantitative estimate of drug-likeness (QED) is 0.749. The summed E-state index contributed by atoms with van der Waals surface area (Å²) in [5.41, 5.74) is 0. The lowest BCUT2D eigenvalue weighted by Crippen LogP contribution is -2.27. The minimum Gasteiger partial charge on any atom is -0.336 e. The van der Waals surface area contributed by atoms with Crippen molar-refractivity contribution in [1.82, 2.24) is 10.3 Å². The first kappa shape index (κ1) is 7.82. The van der Waals surface area contributed by atoms with Gasteiger partial charge in [0.15, 0.2) is 5.13 Å². The van der Waals surface area contributed by atoms with Crippen LogP contribution in [0.15, 0.2) is 6.20 Å². The van der Waals surface area contributed by atoms with E-state index in [-0.39, 0.29) is 6.03 Å². The minimum atomic E-state index is -0.0963. The maximum Gasteiger partial charge on any atom is 0.323 e. The van der Waals surface area contributed by atoms with Gasteiger partial charge in [-0.3, -0.25) is 4.90 Å². The maximum absolute atomic E-state index is 11.1. The van der Waals surface area contributed by atoms with Gasteiger partial charge >= 0.3 is 6.03 Å². The van der Waals surface area contributed by atoms with Gasteiger partial charge in [0.05, 0.1) is 6.20 Å². The molecule has 4 nitrogen and oxygen atoms in total. The molecule has 0 saturated carbocycles. The SMILES string of the molecule is O=C1NCCN1c1ncc(Cl)s1. The zero-order valence-electron chi connectivity index (χ0n) is 6.08. The van der Waals surface area contributed by atoms with Gasteiger partial charge in [-0.2, -0.15) is 0 Å². The van der Waals surface area contributed by atoms with Crippen molar-refractivity contribution in [2.24, 2.45) is 0 Å². The molecular weight excluding hydrogens is 198 g/mol. The molecule has 2 heterocycles. The van der Waals surface area contributed by atoms with E-state index in [4.69, 9.17) is 11.6 Å². The van der Waals surface area contributed by atoms with Gasteiger partial charge in [0.1, 0.15) is 4.34 Å². The lowest BCUT2D eigenvalue weighted by Gasteiger charge is -2.07. The Morgan fingerprint density at radius 3 is 3.08 bits per heavy atom. The average Bonchev–Trinajstić information content (AvgIpc) is 2.58. The van der Waals surface area contributed by atoms with E-state index in [9.17, 15) is 4.79 Å². The van der Waals surface area contributed by atoms with Gasteiger partial charge in [-0.25, -0.2) is 9.78 Å². The van der Waals surface area contributed by atoms with Crippen molar-refractivity contribution >= 4 is 34.1 Å². The molecule has 12 heavy (non-hydrogen) atoms. The van der Waals surface area contributed by atoms with Crippen molar-refractivity contribution in [2.75, 3.05) is 18.0 Å². The maximum atomic E-state index is 11.1. The highest BCUT2D eigenvalue weighted by Crippen LogP contribution is 2.26. The highest BCUT2D eigenvalue weighted by molar-refractivity contribution is 7.19. The smallest absolute Gasteiger partial charge is 0.323 e. The zero-order valence-corrected chi connectivity index (χ0v) is 7.65. The molecule has 1 fully saturated rings. The van der Waals surface area contributed by atoms with Crippen molar-refractivity contribution in [1.29, 1.82) is 0 Å². The summed E-state index contributed by atoms with van der Waals surface area (Å²) in [6.45, 7) is 1.35. The number of hydrogen-bond donors (Lipinski definition) is 1. The molecule has 6 heteroatoms. The van der Waals surface area contributed by atoms with Crippen molar-refractivity contribution < 1.29 is 4.79 Å². The molecule has 0 atom stereocenters. The Labute approximate surface area is 78.2 Å². The standard InChI is InChI=1S/C6H6ClN3OS/c7-4-3-9-6(12-4)10-2-1-8-5(10)11/h3H,1-2H2,(H,8,11). The van der Waals surface area contributed by atoms with Gasteiger partial charge in [-0.15, -0.1) is 0 Å². The zero-order chi connectivity index (χ0) is 8.55. The van der Waals surface area contributed by atoms with Crippen LogP contribution in [0.5, 0.6) is 0 Å². The predicted molar refractivity (Wildman–Crippen MR) is 47.9 cm³/mol. The largest absolute Gasteiger partial charge is 0.336 e. The molecule has 1 aliphatic heterocycles. The van der Waals surface area contributed by atoms with E-state index in [2.05, 4.69) is 10.3 Å². The lowest BCUT2D eigenvalue weighted by molar-refractivity contribution is 0.252. The number of aromatic nitrogens is 1. The number of hydrogen-bond acceptors (Lipinski definition) is 3. The van der Waals surface area contributed by atoms with Gasteiger partial charge in [0.2, 0.25) is 0 Å². The molecule has 1 aromatic heterocycles. The van der Waals surface area contributed by atoms with Crippen LogP contribution < -0.4 is 10.2 Å². The molecule has 2 amide bonds. The van der Waals surface area contributed by atoms with Gasteiger partial charge in [0, 0.05) is 13.1 Å². The van der Waals surface area contributed by atoms with Gasteiger partial charge in [-0.05, 0) is 0 Å². The summed E-state index contributed by atoms with van der Waals surface area (Å²) in [6.07, 6.45) is 1.55. The molecule has 0 aliphatic carbocycles. The number of carbonyl (C=O) groups is 1. The van der Waals surface area contributed by atoms with E-state index in [0.717, 1.165) is 0 Å². The summed E-state index contributed by atoms with van der Waals surface area (Å²) >= 11 is 6.99. The molecule has 0 unspecified atom stereocenters. The number of anilines is 1. The number of carbonyl (C=O) groups excluding carboxylic acids is 1. The van der Waals surface area contributed by atoms with E-state index in [0.29, 0.717) is 22.6 Å². The molecule has 2 rings (SSSR count). The fraction of sp³-hybridized carbons (Fsp3) is 0.333. The number of nitrogens with one attached hydrogen (secondary N) is 1. The summed E-state index contributed by atoms with van der Waals surface area (Å²) in [7, 11) is 0. The fourth-order valence-electron chi connectivity index (χ4n) is 1.02. The molecule has 0 radical (unpaired) electrons. The Balaban J connectivity index is 2.24. The Kier molecular flexibility index (Phi) is 1.90. The summed E-state index contributed by atoms with van der Waals surface area (Å²) in [5.74, 6) is 0. The number of rotatable bonds is 1. The third-order valence-corrected chi connectivity index (χ3v) is 2.69. The second-order valence-electron chi connectivity index (χ2n) is 2.33. The summed E-state index contributed by atoms with van der Waals surface area (Å²) in [6, 6.07) is -0.0963. The Hall–Kier alpha value is -0.810. The first-order valence-electron chi connectivity index (χ1n) is 3.44. The highest BCUT2D eigenvalue weighted by Gasteiger charge is 2.23. The number of thiazole rings is 1. The summed E-state index contributed by atoms with van der Waals surface area (Å²) in [4.78, 5) is 16.7.